The van der Waals surface area contributed by atoms with Crippen molar-refractivity contribution in [3.8, 4) is 5.75 Å². The summed E-state index contributed by atoms with van der Waals surface area (Å²) >= 11 is 0. The highest BCUT2D eigenvalue weighted by atomic mass is 16.5. The maximum absolute atomic E-state index is 11.7. The van der Waals surface area contributed by atoms with Gasteiger partial charge in [-0.3, -0.25) is 4.79 Å². The molecular weight excluding hydrogens is 272 g/mol. The first-order chi connectivity index (χ1) is 10.2. The summed E-state index contributed by atoms with van der Waals surface area (Å²) in [6.45, 7) is 4.61. The molecule has 0 aliphatic rings. The Morgan fingerprint density at radius 2 is 2.05 bits per heavy atom. The van der Waals surface area contributed by atoms with E-state index in [-0.39, 0.29) is 5.91 Å². The number of nitrogens with one attached hydrogen (secondary N) is 1. The molecule has 0 saturated heterocycles. The summed E-state index contributed by atoms with van der Waals surface area (Å²) < 4.78 is 15.9. The Hall–Kier alpha value is -1.79. The van der Waals surface area contributed by atoms with Gasteiger partial charge in [0.1, 0.15) is 12.4 Å². The molecule has 0 radical (unpaired) electrons. The summed E-state index contributed by atoms with van der Waals surface area (Å²) in [5.41, 5.74) is 6.86. The smallest absolute Gasteiger partial charge is 0.251 e. The number of amides is 1. The van der Waals surface area contributed by atoms with E-state index in [1.165, 1.54) is 0 Å². The van der Waals surface area contributed by atoms with Crippen LogP contribution in [0.2, 0.25) is 0 Å². The largest absolute Gasteiger partial charge is 0.489 e. The van der Waals surface area contributed by atoms with Crippen molar-refractivity contribution in [2.45, 2.75) is 13.3 Å². The van der Waals surface area contributed by atoms with Crippen LogP contribution in [0.5, 0.6) is 5.75 Å². The fourth-order valence-corrected chi connectivity index (χ4v) is 1.68. The molecule has 0 fully saturated rings. The van der Waals surface area contributed by atoms with Crippen LogP contribution in [-0.4, -0.2) is 46.0 Å². The number of hydrogen-bond donors (Lipinski definition) is 2. The predicted molar refractivity (Wildman–Crippen MR) is 81.7 cm³/mol. The molecule has 0 aliphatic heterocycles. The molecule has 1 rings (SSSR count). The molecule has 118 valence electrons. The Kier molecular flexibility index (Phi) is 8.23. The second kappa shape index (κ2) is 10.0. The van der Waals surface area contributed by atoms with Gasteiger partial charge in [0.15, 0.2) is 0 Å². The van der Waals surface area contributed by atoms with Gasteiger partial charge in [0.2, 0.25) is 0 Å². The average molecular weight is 296 g/mol. The van der Waals surface area contributed by atoms with Crippen molar-refractivity contribution >= 4 is 11.6 Å². The lowest BCUT2D eigenvalue weighted by Crippen LogP contribution is -2.22. The van der Waals surface area contributed by atoms with Gasteiger partial charge in [-0.1, -0.05) is 0 Å². The molecule has 1 aromatic carbocycles. The second-order valence-corrected chi connectivity index (χ2v) is 4.42. The van der Waals surface area contributed by atoms with Crippen LogP contribution in [0, 0.1) is 0 Å². The maximum atomic E-state index is 11.7. The van der Waals surface area contributed by atoms with E-state index in [0.717, 1.165) is 6.42 Å². The number of anilines is 1. The topological polar surface area (TPSA) is 82.8 Å². The lowest BCUT2D eigenvalue weighted by molar-refractivity contribution is 0.0808. The zero-order valence-corrected chi connectivity index (χ0v) is 12.7. The van der Waals surface area contributed by atoms with Crippen molar-refractivity contribution in [2.75, 3.05) is 45.8 Å². The summed E-state index contributed by atoms with van der Waals surface area (Å²) in [6.07, 6.45) is 0.852. The van der Waals surface area contributed by atoms with E-state index in [1.54, 1.807) is 25.3 Å². The number of hydrogen-bond acceptors (Lipinski definition) is 5. The van der Waals surface area contributed by atoms with Crippen molar-refractivity contribution in [1.82, 2.24) is 5.32 Å². The summed E-state index contributed by atoms with van der Waals surface area (Å²) in [5.74, 6) is 0.359. The molecule has 0 spiro atoms. The Morgan fingerprint density at radius 3 is 2.76 bits per heavy atom. The third kappa shape index (κ3) is 6.46. The van der Waals surface area contributed by atoms with Crippen LogP contribution in [0.3, 0.4) is 0 Å². The van der Waals surface area contributed by atoms with Crippen molar-refractivity contribution < 1.29 is 19.0 Å². The van der Waals surface area contributed by atoms with E-state index in [4.69, 9.17) is 19.9 Å². The average Bonchev–Trinajstić information content (AvgIpc) is 2.48. The van der Waals surface area contributed by atoms with E-state index in [9.17, 15) is 4.79 Å². The molecule has 6 heteroatoms. The van der Waals surface area contributed by atoms with E-state index in [1.807, 2.05) is 6.92 Å². The van der Waals surface area contributed by atoms with E-state index in [0.29, 0.717) is 50.0 Å². The van der Waals surface area contributed by atoms with Gasteiger partial charge in [-0.05, 0) is 31.5 Å². The molecule has 1 aromatic rings. The summed E-state index contributed by atoms with van der Waals surface area (Å²) in [4.78, 5) is 11.7. The molecule has 0 atom stereocenters. The van der Waals surface area contributed by atoms with Gasteiger partial charge in [0, 0.05) is 32.4 Å². The highest BCUT2D eigenvalue weighted by Gasteiger charge is 2.08. The monoisotopic (exact) mass is 296 g/mol. The van der Waals surface area contributed by atoms with Crippen LogP contribution in [-0.2, 0) is 9.47 Å². The first-order valence-corrected chi connectivity index (χ1v) is 7.06. The minimum Gasteiger partial charge on any atom is -0.489 e. The fourth-order valence-electron chi connectivity index (χ4n) is 1.68. The summed E-state index contributed by atoms with van der Waals surface area (Å²) in [7, 11) is 1.66. The number of nitrogens with two attached hydrogens (primary N) is 1. The van der Waals surface area contributed by atoms with Gasteiger partial charge in [-0.15, -0.1) is 0 Å². The molecule has 0 saturated carbocycles. The van der Waals surface area contributed by atoms with Crippen molar-refractivity contribution in [3.63, 3.8) is 0 Å². The molecule has 0 aliphatic carbocycles. The van der Waals surface area contributed by atoms with Crippen molar-refractivity contribution in [2.24, 2.45) is 0 Å². The number of carbonyl (C=O) groups excluding carboxylic acids is 1. The number of rotatable bonds is 10. The normalized spacial score (nSPS) is 10.4. The first-order valence-electron chi connectivity index (χ1n) is 7.06. The lowest BCUT2D eigenvalue weighted by Gasteiger charge is -2.11. The number of methoxy groups -OCH3 is 1. The first kappa shape index (κ1) is 17.3. The van der Waals surface area contributed by atoms with Crippen LogP contribution < -0.4 is 15.8 Å². The third-order valence-electron chi connectivity index (χ3n) is 2.74. The van der Waals surface area contributed by atoms with Crippen LogP contribution >= 0.6 is 0 Å². The summed E-state index contributed by atoms with van der Waals surface area (Å²) in [6, 6.07) is 4.99. The van der Waals surface area contributed by atoms with E-state index < -0.39 is 0 Å². The zero-order valence-electron chi connectivity index (χ0n) is 12.7. The van der Waals surface area contributed by atoms with Crippen LogP contribution in [0.4, 0.5) is 5.69 Å². The molecule has 1 amide bonds. The van der Waals surface area contributed by atoms with Crippen LogP contribution in [0.15, 0.2) is 18.2 Å². The highest BCUT2D eigenvalue weighted by molar-refractivity contribution is 5.95. The standard InChI is InChI=1S/C15H24N2O4/c1-3-17-15(18)12-5-6-13(16)14(11-12)21-10-9-20-8-4-7-19-2/h5-6,11H,3-4,7-10,16H2,1-2H3,(H,17,18). The highest BCUT2D eigenvalue weighted by Crippen LogP contribution is 2.22. The molecule has 21 heavy (non-hydrogen) atoms. The minimum atomic E-state index is -0.141. The molecule has 0 aromatic heterocycles. The number of carbonyl (C=O) groups is 1. The van der Waals surface area contributed by atoms with Gasteiger partial charge in [-0.2, -0.15) is 0 Å². The fraction of sp³-hybridized carbons (Fsp3) is 0.533. The zero-order chi connectivity index (χ0) is 15.5. The van der Waals surface area contributed by atoms with Gasteiger partial charge in [0.05, 0.1) is 12.3 Å². The molecule has 3 N–H and O–H groups in total. The van der Waals surface area contributed by atoms with Crippen LogP contribution in [0.25, 0.3) is 0 Å². The molecule has 0 unspecified atom stereocenters. The maximum Gasteiger partial charge on any atom is 0.251 e. The predicted octanol–water partition coefficient (Wildman–Crippen LogP) is 1.45. The van der Waals surface area contributed by atoms with Gasteiger partial charge < -0.3 is 25.3 Å². The quantitative estimate of drug-likeness (QED) is 0.504. The summed E-state index contributed by atoms with van der Waals surface area (Å²) in [5, 5.41) is 2.73. The van der Waals surface area contributed by atoms with Gasteiger partial charge in [0.25, 0.3) is 5.91 Å². The lowest BCUT2D eigenvalue weighted by atomic mass is 10.2. The Bertz CT molecular complexity index is 438. The second-order valence-electron chi connectivity index (χ2n) is 4.42. The van der Waals surface area contributed by atoms with Crippen molar-refractivity contribution in [3.05, 3.63) is 23.8 Å². The third-order valence-corrected chi connectivity index (χ3v) is 2.74. The van der Waals surface area contributed by atoms with E-state index in [2.05, 4.69) is 5.32 Å². The Morgan fingerprint density at radius 1 is 1.24 bits per heavy atom. The van der Waals surface area contributed by atoms with Gasteiger partial charge in [-0.25, -0.2) is 0 Å². The number of nitrogen functional groups attached to an aromatic ring is 1. The van der Waals surface area contributed by atoms with E-state index >= 15 is 0 Å². The van der Waals surface area contributed by atoms with Gasteiger partial charge >= 0.3 is 0 Å². The molecule has 0 bridgehead atoms. The van der Waals surface area contributed by atoms with Crippen LogP contribution in [0.1, 0.15) is 23.7 Å². The molecule has 0 heterocycles. The Labute approximate surface area is 125 Å². The minimum absolute atomic E-state index is 0.141. The molecule has 6 nitrogen and oxygen atoms in total. The van der Waals surface area contributed by atoms with Crippen molar-refractivity contribution in [1.29, 1.82) is 0 Å². The SMILES string of the molecule is CCNC(=O)c1ccc(N)c(OCCOCCCOC)c1. The molecular formula is C15H24N2O4. The number of ether oxygens (including phenoxy) is 3. The Balaban J connectivity index is 2.40. The number of benzene rings is 1.